The normalized spacial score (nSPS) is 12.4. The SMILES string of the molecule is COc1cc2nc(NCCN(C)C)c3c(c2cc1F)-c1ccncc1C3=O. The van der Waals surface area contributed by atoms with Crippen LogP contribution in [0.4, 0.5) is 10.2 Å². The summed E-state index contributed by atoms with van der Waals surface area (Å²) in [6.07, 6.45) is 3.18. The van der Waals surface area contributed by atoms with Gasteiger partial charge < -0.3 is 15.0 Å². The van der Waals surface area contributed by atoms with Crippen LogP contribution < -0.4 is 10.1 Å². The Labute approximate surface area is 156 Å². The number of fused-ring (bicyclic) bond motifs is 5. The predicted molar refractivity (Wildman–Crippen MR) is 102 cm³/mol. The Kier molecular flexibility index (Phi) is 4.24. The third kappa shape index (κ3) is 2.80. The van der Waals surface area contributed by atoms with E-state index in [1.165, 1.54) is 13.2 Å². The lowest BCUT2D eigenvalue weighted by Crippen LogP contribution is -2.22. The maximum Gasteiger partial charge on any atom is 0.199 e. The van der Waals surface area contributed by atoms with Crippen molar-refractivity contribution < 1.29 is 13.9 Å². The van der Waals surface area contributed by atoms with Crippen molar-refractivity contribution in [2.24, 2.45) is 0 Å². The number of carbonyl (C=O) groups excluding carboxylic acids is 1. The third-order valence-corrected chi connectivity index (χ3v) is 4.67. The summed E-state index contributed by atoms with van der Waals surface area (Å²) >= 11 is 0. The van der Waals surface area contributed by atoms with E-state index in [-0.39, 0.29) is 11.5 Å². The molecule has 2 heterocycles. The van der Waals surface area contributed by atoms with Gasteiger partial charge in [-0.3, -0.25) is 9.78 Å². The van der Waals surface area contributed by atoms with Crippen LogP contribution >= 0.6 is 0 Å². The van der Waals surface area contributed by atoms with Gasteiger partial charge in [0.1, 0.15) is 5.82 Å². The molecule has 1 aliphatic carbocycles. The van der Waals surface area contributed by atoms with E-state index in [0.717, 1.165) is 12.1 Å². The molecule has 6 nitrogen and oxygen atoms in total. The molecule has 3 aromatic rings. The van der Waals surface area contributed by atoms with E-state index in [9.17, 15) is 9.18 Å². The number of hydrogen-bond acceptors (Lipinski definition) is 6. The maximum atomic E-state index is 14.4. The number of ketones is 1. The molecule has 7 heteroatoms. The smallest absolute Gasteiger partial charge is 0.199 e. The molecule has 2 aromatic heterocycles. The minimum atomic E-state index is -0.489. The minimum absolute atomic E-state index is 0.119. The standard InChI is InChI=1S/C20H19FN4O2/c1-25(2)7-6-23-20-18-17(11-4-5-22-10-13(11)19(18)26)12-8-14(21)16(27-3)9-15(12)24-20/h4-5,8-10H,6-7H2,1-3H3,(H,23,24). The van der Waals surface area contributed by atoms with Gasteiger partial charge in [0.05, 0.1) is 18.2 Å². The second-order valence-corrected chi connectivity index (χ2v) is 6.69. The summed E-state index contributed by atoms with van der Waals surface area (Å²) < 4.78 is 19.5. The summed E-state index contributed by atoms with van der Waals surface area (Å²) in [5.74, 6) is -0.0222. The van der Waals surface area contributed by atoms with Gasteiger partial charge in [0.15, 0.2) is 17.3 Å². The van der Waals surface area contributed by atoms with Crippen LogP contribution in [-0.2, 0) is 0 Å². The highest BCUT2D eigenvalue weighted by Crippen LogP contribution is 2.44. The van der Waals surface area contributed by atoms with Gasteiger partial charge in [0.25, 0.3) is 0 Å². The fourth-order valence-electron chi connectivity index (χ4n) is 3.38. The highest BCUT2D eigenvalue weighted by Gasteiger charge is 2.32. The molecule has 138 valence electrons. The third-order valence-electron chi connectivity index (χ3n) is 4.67. The van der Waals surface area contributed by atoms with Gasteiger partial charge in [-0.25, -0.2) is 9.37 Å². The number of hydrogen-bond donors (Lipinski definition) is 1. The van der Waals surface area contributed by atoms with E-state index >= 15 is 0 Å². The lowest BCUT2D eigenvalue weighted by Gasteiger charge is -2.15. The van der Waals surface area contributed by atoms with Gasteiger partial charge in [-0.1, -0.05) is 0 Å². The summed E-state index contributed by atoms with van der Waals surface area (Å²) in [7, 11) is 5.36. The number of nitrogens with zero attached hydrogens (tertiary/aromatic N) is 3. The molecular weight excluding hydrogens is 347 g/mol. The Bertz CT molecular complexity index is 1070. The van der Waals surface area contributed by atoms with Crippen molar-refractivity contribution >= 4 is 22.5 Å². The van der Waals surface area contributed by atoms with E-state index in [2.05, 4.69) is 15.3 Å². The molecule has 0 spiro atoms. The second-order valence-electron chi connectivity index (χ2n) is 6.69. The quantitative estimate of drug-likeness (QED) is 0.586. The molecular formula is C20H19FN4O2. The number of nitrogens with one attached hydrogen (secondary N) is 1. The zero-order chi connectivity index (χ0) is 19.1. The Balaban J connectivity index is 1.97. The first-order chi connectivity index (χ1) is 13.0. The topological polar surface area (TPSA) is 67.3 Å². The van der Waals surface area contributed by atoms with Crippen molar-refractivity contribution in [3.8, 4) is 16.9 Å². The van der Waals surface area contributed by atoms with E-state index in [1.54, 1.807) is 24.5 Å². The first-order valence-corrected chi connectivity index (χ1v) is 8.60. The average Bonchev–Trinajstić information content (AvgIpc) is 2.95. The Hall–Kier alpha value is -3.06. The number of rotatable bonds is 5. The maximum absolute atomic E-state index is 14.4. The number of likely N-dealkylation sites (N-methyl/N-ethyl adjacent to an activating group) is 1. The Morgan fingerprint density at radius 1 is 1.22 bits per heavy atom. The summed E-state index contributed by atoms with van der Waals surface area (Å²) in [5.41, 5.74) is 2.98. The minimum Gasteiger partial charge on any atom is -0.494 e. The molecule has 4 rings (SSSR count). The molecule has 0 radical (unpaired) electrons. The number of carbonyl (C=O) groups is 1. The number of ether oxygens (including phenoxy) is 1. The molecule has 1 N–H and O–H groups in total. The predicted octanol–water partition coefficient (Wildman–Crippen LogP) is 2.96. The van der Waals surface area contributed by atoms with Crippen LogP contribution in [0.3, 0.4) is 0 Å². The molecule has 1 aromatic carbocycles. The van der Waals surface area contributed by atoms with Gasteiger partial charge in [0.2, 0.25) is 0 Å². The Morgan fingerprint density at radius 2 is 2.04 bits per heavy atom. The van der Waals surface area contributed by atoms with Crippen LogP contribution in [0.2, 0.25) is 0 Å². The molecule has 0 saturated carbocycles. The Morgan fingerprint density at radius 3 is 2.78 bits per heavy atom. The van der Waals surface area contributed by atoms with Crippen LogP contribution in [-0.4, -0.2) is 54.9 Å². The number of anilines is 1. The summed E-state index contributed by atoms with van der Waals surface area (Å²) in [6.45, 7) is 1.40. The molecule has 0 unspecified atom stereocenters. The van der Waals surface area contributed by atoms with E-state index in [1.807, 2.05) is 19.0 Å². The largest absolute Gasteiger partial charge is 0.494 e. The van der Waals surface area contributed by atoms with Crippen molar-refractivity contribution in [3.05, 3.63) is 47.5 Å². The monoisotopic (exact) mass is 366 g/mol. The first kappa shape index (κ1) is 17.4. The fraction of sp³-hybridized carbons (Fsp3) is 0.250. The molecule has 0 aliphatic heterocycles. The van der Waals surface area contributed by atoms with Crippen molar-refractivity contribution in [3.63, 3.8) is 0 Å². The van der Waals surface area contributed by atoms with Gasteiger partial charge in [0, 0.05) is 48.1 Å². The second kappa shape index (κ2) is 6.59. The lowest BCUT2D eigenvalue weighted by molar-refractivity contribution is 0.104. The van der Waals surface area contributed by atoms with Gasteiger partial charge in [-0.15, -0.1) is 0 Å². The first-order valence-electron chi connectivity index (χ1n) is 8.60. The van der Waals surface area contributed by atoms with Crippen LogP contribution in [0.5, 0.6) is 5.75 Å². The zero-order valence-corrected chi connectivity index (χ0v) is 15.3. The number of aromatic nitrogens is 2. The van der Waals surface area contributed by atoms with E-state index in [4.69, 9.17) is 4.74 Å². The number of pyridine rings is 2. The highest BCUT2D eigenvalue weighted by atomic mass is 19.1. The number of methoxy groups -OCH3 is 1. The van der Waals surface area contributed by atoms with Crippen LogP contribution in [0.1, 0.15) is 15.9 Å². The van der Waals surface area contributed by atoms with Crippen molar-refractivity contribution in [1.29, 1.82) is 0 Å². The van der Waals surface area contributed by atoms with Crippen LogP contribution in [0.15, 0.2) is 30.6 Å². The van der Waals surface area contributed by atoms with E-state index in [0.29, 0.717) is 40.0 Å². The number of benzene rings is 1. The molecule has 27 heavy (non-hydrogen) atoms. The molecule has 0 saturated heterocycles. The molecule has 0 amide bonds. The lowest BCUT2D eigenvalue weighted by atomic mass is 10.0. The average molecular weight is 366 g/mol. The van der Waals surface area contributed by atoms with Gasteiger partial charge >= 0.3 is 0 Å². The number of halogens is 1. The summed E-state index contributed by atoms with van der Waals surface area (Å²) in [4.78, 5) is 23.7. The molecule has 0 atom stereocenters. The molecule has 1 aliphatic rings. The molecule has 0 bridgehead atoms. The zero-order valence-electron chi connectivity index (χ0n) is 15.3. The van der Waals surface area contributed by atoms with Gasteiger partial charge in [-0.2, -0.15) is 0 Å². The highest BCUT2D eigenvalue weighted by molar-refractivity contribution is 6.27. The van der Waals surface area contributed by atoms with Crippen LogP contribution in [0.25, 0.3) is 22.0 Å². The summed E-state index contributed by atoms with van der Waals surface area (Å²) in [6, 6.07) is 4.72. The van der Waals surface area contributed by atoms with Crippen molar-refractivity contribution in [2.45, 2.75) is 0 Å². The summed E-state index contributed by atoms with van der Waals surface area (Å²) in [5, 5.41) is 3.84. The van der Waals surface area contributed by atoms with Crippen molar-refractivity contribution in [1.82, 2.24) is 14.9 Å². The van der Waals surface area contributed by atoms with Crippen molar-refractivity contribution in [2.75, 3.05) is 39.6 Å². The van der Waals surface area contributed by atoms with Gasteiger partial charge in [-0.05, 0) is 31.8 Å². The van der Waals surface area contributed by atoms with Crippen LogP contribution in [0, 0.1) is 5.82 Å². The fourth-order valence-corrected chi connectivity index (χ4v) is 3.38. The molecule has 0 fully saturated rings. The van der Waals surface area contributed by atoms with E-state index < -0.39 is 5.82 Å².